The van der Waals surface area contributed by atoms with Gasteiger partial charge in [0, 0.05) is 44.2 Å². The summed E-state index contributed by atoms with van der Waals surface area (Å²) in [7, 11) is 0. The van der Waals surface area contributed by atoms with Crippen LogP contribution in [0.15, 0.2) is 235 Å². The number of benzene rings is 10. The second-order valence-corrected chi connectivity index (χ2v) is 15.7. The zero-order valence-corrected chi connectivity index (χ0v) is 33.2. The molecular formula is C58H38N2O. The summed E-state index contributed by atoms with van der Waals surface area (Å²) in [5.74, 6) is 0. The van der Waals surface area contributed by atoms with Crippen molar-refractivity contribution in [2.75, 3.05) is 4.90 Å². The van der Waals surface area contributed by atoms with Crippen LogP contribution in [-0.2, 0) is 0 Å². The molecule has 0 spiro atoms. The Kier molecular flexibility index (Phi) is 8.17. The highest BCUT2D eigenvalue weighted by Crippen LogP contribution is 2.48. The molecule has 286 valence electrons. The summed E-state index contributed by atoms with van der Waals surface area (Å²) >= 11 is 0. The SMILES string of the molecule is c1ccc(-c2ccc(N(c3cccc(-c4cccc5ccccc45)c3)c3ccc4c(oc5ccccc54)c3-c3cccc(-n4c5ccccc5c5ccccc54)c3)cc2)cc1. The van der Waals surface area contributed by atoms with Crippen LogP contribution in [0.2, 0.25) is 0 Å². The number of para-hydroxylation sites is 3. The van der Waals surface area contributed by atoms with E-state index in [0.717, 1.165) is 61.4 Å². The lowest BCUT2D eigenvalue weighted by atomic mass is 9.96. The number of hydrogen-bond donors (Lipinski definition) is 0. The Morgan fingerprint density at radius 1 is 0.361 bits per heavy atom. The maximum Gasteiger partial charge on any atom is 0.145 e. The zero-order valence-electron chi connectivity index (χ0n) is 33.2. The van der Waals surface area contributed by atoms with Crippen LogP contribution in [0.5, 0.6) is 0 Å². The number of rotatable bonds is 7. The molecule has 0 saturated carbocycles. The van der Waals surface area contributed by atoms with Crippen LogP contribution in [0.1, 0.15) is 0 Å². The molecule has 10 aromatic carbocycles. The molecule has 2 aromatic heterocycles. The second-order valence-electron chi connectivity index (χ2n) is 15.7. The number of furan rings is 1. The van der Waals surface area contributed by atoms with Gasteiger partial charge in [-0.15, -0.1) is 0 Å². The number of hydrogen-bond acceptors (Lipinski definition) is 2. The van der Waals surface area contributed by atoms with Gasteiger partial charge in [0.1, 0.15) is 11.2 Å². The Morgan fingerprint density at radius 3 is 1.77 bits per heavy atom. The van der Waals surface area contributed by atoms with E-state index in [4.69, 9.17) is 4.42 Å². The first kappa shape index (κ1) is 34.9. The number of nitrogens with zero attached hydrogens (tertiary/aromatic N) is 2. The normalized spacial score (nSPS) is 11.6. The van der Waals surface area contributed by atoms with Crippen LogP contribution < -0.4 is 4.90 Å². The topological polar surface area (TPSA) is 21.3 Å². The lowest BCUT2D eigenvalue weighted by Crippen LogP contribution is -2.11. The fourth-order valence-corrected chi connectivity index (χ4v) is 9.40. The Balaban J connectivity index is 1.12. The van der Waals surface area contributed by atoms with Crippen LogP contribution in [0, 0.1) is 0 Å². The largest absolute Gasteiger partial charge is 0.455 e. The highest BCUT2D eigenvalue weighted by Gasteiger charge is 2.24. The smallest absolute Gasteiger partial charge is 0.145 e. The van der Waals surface area contributed by atoms with Crippen LogP contribution in [-0.4, -0.2) is 4.57 Å². The minimum Gasteiger partial charge on any atom is -0.455 e. The average molecular weight is 779 g/mol. The van der Waals surface area contributed by atoms with Crippen LogP contribution in [0.3, 0.4) is 0 Å². The van der Waals surface area contributed by atoms with Crippen molar-refractivity contribution in [2.24, 2.45) is 0 Å². The predicted octanol–water partition coefficient (Wildman–Crippen LogP) is 16.3. The summed E-state index contributed by atoms with van der Waals surface area (Å²) < 4.78 is 9.35. The van der Waals surface area contributed by atoms with E-state index in [1.165, 1.54) is 49.3 Å². The molecule has 0 radical (unpaired) electrons. The van der Waals surface area contributed by atoms with E-state index in [1.807, 2.05) is 6.07 Å². The van der Waals surface area contributed by atoms with Crippen LogP contribution >= 0.6 is 0 Å². The van der Waals surface area contributed by atoms with Gasteiger partial charge in [0.05, 0.1) is 16.7 Å². The molecule has 3 heteroatoms. The van der Waals surface area contributed by atoms with E-state index in [-0.39, 0.29) is 0 Å². The van der Waals surface area contributed by atoms with Gasteiger partial charge in [-0.2, -0.15) is 0 Å². The molecule has 0 bridgehead atoms. The predicted molar refractivity (Wildman–Crippen MR) is 257 cm³/mol. The van der Waals surface area contributed by atoms with Gasteiger partial charge in [0.2, 0.25) is 0 Å². The van der Waals surface area contributed by atoms with Gasteiger partial charge in [0.25, 0.3) is 0 Å². The highest BCUT2D eigenvalue weighted by atomic mass is 16.3. The fraction of sp³-hybridized carbons (Fsp3) is 0. The standard InChI is InChI=1S/C58H38N2O/c1-2-15-39(16-3-1)40-31-33-44(34-32-40)59(45-21-12-19-42(37-45)48-27-14-18-41-17-4-5-23-47(41)48)55-36-35-52-51-26-8-11-30-56(51)61-58(52)57(55)43-20-13-22-46(38-43)60-53-28-9-6-24-49(53)50-25-7-10-29-54(50)60/h1-38H. The van der Waals surface area contributed by atoms with E-state index >= 15 is 0 Å². The van der Waals surface area contributed by atoms with Crippen LogP contribution in [0.25, 0.3) is 93.6 Å². The summed E-state index contributed by atoms with van der Waals surface area (Å²) in [5, 5.41) is 7.10. The first-order valence-electron chi connectivity index (χ1n) is 20.8. The molecule has 0 amide bonds. The van der Waals surface area contributed by atoms with E-state index in [1.54, 1.807) is 0 Å². The first-order valence-corrected chi connectivity index (χ1v) is 20.8. The average Bonchev–Trinajstić information content (AvgIpc) is 3.88. The van der Waals surface area contributed by atoms with Crippen molar-refractivity contribution < 1.29 is 4.42 Å². The van der Waals surface area contributed by atoms with Crippen molar-refractivity contribution in [1.29, 1.82) is 0 Å². The van der Waals surface area contributed by atoms with Crippen molar-refractivity contribution in [3.8, 4) is 39.1 Å². The highest BCUT2D eigenvalue weighted by molar-refractivity contribution is 6.14. The molecule has 12 rings (SSSR count). The van der Waals surface area contributed by atoms with Gasteiger partial charge in [-0.25, -0.2) is 0 Å². The zero-order chi connectivity index (χ0) is 40.3. The third-order valence-corrected chi connectivity index (χ3v) is 12.2. The van der Waals surface area contributed by atoms with Gasteiger partial charge >= 0.3 is 0 Å². The minimum absolute atomic E-state index is 0.856. The second kappa shape index (κ2) is 14.3. The van der Waals surface area contributed by atoms with Crippen molar-refractivity contribution in [1.82, 2.24) is 4.57 Å². The molecule has 3 nitrogen and oxygen atoms in total. The Morgan fingerprint density at radius 2 is 0.967 bits per heavy atom. The van der Waals surface area contributed by atoms with Gasteiger partial charge < -0.3 is 13.9 Å². The van der Waals surface area contributed by atoms with Crippen molar-refractivity contribution in [2.45, 2.75) is 0 Å². The summed E-state index contributed by atoms with van der Waals surface area (Å²) in [6.45, 7) is 0. The van der Waals surface area contributed by atoms with E-state index in [2.05, 4.69) is 234 Å². The van der Waals surface area contributed by atoms with E-state index < -0.39 is 0 Å². The van der Waals surface area contributed by atoms with Crippen LogP contribution in [0.4, 0.5) is 17.1 Å². The van der Waals surface area contributed by atoms with Gasteiger partial charge in [-0.1, -0.05) is 164 Å². The van der Waals surface area contributed by atoms with Crippen molar-refractivity contribution >= 4 is 71.6 Å². The Bertz CT molecular complexity index is 3540. The molecule has 0 unspecified atom stereocenters. The van der Waals surface area contributed by atoms with E-state index in [0.29, 0.717) is 0 Å². The van der Waals surface area contributed by atoms with Crippen molar-refractivity contribution in [3.05, 3.63) is 231 Å². The first-order chi connectivity index (χ1) is 30.3. The molecule has 0 N–H and O–H groups in total. The monoisotopic (exact) mass is 778 g/mol. The molecular weight excluding hydrogens is 741 g/mol. The Labute approximate surface area is 353 Å². The van der Waals surface area contributed by atoms with E-state index in [9.17, 15) is 0 Å². The molecule has 2 heterocycles. The lowest BCUT2D eigenvalue weighted by molar-refractivity contribution is 0.670. The van der Waals surface area contributed by atoms with Gasteiger partial charge in [-0.3, -0.25) is 0 Å². The summed E-state index contributed by atoms with van der Waals surface area (Å²) in [5.41, 5.74) is 15.1. The number of anilines is 3. The summed E-state index contributed by atoms with van der Waals surface area (Å²) in [4.78, 5) is 2.40. The van der Waals surface area contributed by atoms with Gasteiger partial charge in [-0.05, 0) is 105 Å². The maximum atomic E-state index is 6.96. The molecule has 0 aliphatic heterocycles. The maximum absolute atomic E-state index is 6.96. The third kappa shape index (κ3) is 5.82. The fourth-order valence-electron chi connectivity index (χ4n) is 9.40. The third-order valence-electron chi connectivity index (χ3n) is 12.2. The molecule has 12 aromatic rings. The molecule has 0 atom stereocenters. The quantitative estimate of drug-likeness (QED) is 0.161. The summed E-state index contributed by atoms with van der Waals surface area (Å²) in [6.07, 6.45) is 0. The molecule has 0 saturated heterocycles. The number of fused-ring (bicyclic) bond motifs is 7. The lowest BCUT2D eigenvalue weighted by Gasteiger charge is -2.29. The molecule has 61 heavy (non-hydrogen) atoms. The Hall–Kier alpha value is -8.14. The van der Waals surface area contributed by atoms with Gasteiger partial charge in [0.15, 0.2) is 0 Å². The van der Waals surface area contributed by atoms with Crippen molar-refractivity contribution in [3.63, 3.8) is 0 Å². The summed E-state index contributed by atoms with van der Waals surface area (Å²) in [6, 6.07) is 82.9. The minimum atomic E-state index is 0.856. The molecule has 0 aliphatic rings. The molecule has 0 aliphatic carbocycles. The molecule has 0 fully saturated rings. The number of aromatic nitrogens is 1.